The summed E-state index contributed by atoms with van der Waals surface area (Å²) in [6, 6.07) is 2.23. The van der Waals surface area contributed by atoms with E-state index in [1.165, 1.54) is 50.9 Å². The monoisotopic (exact) mass is 264 g/mol. The van der Waals surface area contributed by atoms with Gasteiger partial charge in [0.1, 0.15) is 0 Å². The SMILES string of the molecule is c1cc(CCNCCN2CC3CCCC3C2)cs1. The Hall–Kier alpha value is -0.380. The fourth-order valence-electron chi connectivity index (χ4n) is 3.54. The third-order valence-electron chi connectivity index (χ3n) is 4.58. The Morgan fingerprint density at radius 1 is 1.22 bits per heavy atom. The van der Waals surface area contributed by atoms with Gasteiger partial charge in [-0.3, -0.25) is 0 Å². The van der Waals surface area contributed by atoms with Gasteiger partial charge in [0.05, 0.1) is 0 Å². The molecule has 0 spiro atoms. The van der Waals surface area contributed by atoms with Crippen molar-refractivity contribution in [3.63, 3.8) is 0 Å². The van der Waals surface area contributed by atoms with Crippen molar-refractivity contribution in [3.8, 4) is 0 Å². The minimum absolute atomic E-state index is 1.04. The number of likely N-dealkylation sites (tertiary alicyclic amines) is 1. The highest BCUT2D eigenvalue weighted by Crippen LogP contribution is 2.37. The van der Waals surface area contributed by atoms with E-state index in [0.717, 1.165) is 24.9 Å². The van der Waals surface area contributed by atoms with Crippen LogP contribution in [-0.4, -0.2) is 37.6 Å². The molecule has 2 heterocycles. The van der Waals surface area contributed by atoms with E-state index in [1.807, 2.05) is 0 Å². The molecule has 2 unspecified atom stereocenters. The number of nitrogens with one attached hydrogen (secondary N) is 1. The van der Waals surface area contributed by atoms with Crippen LogP contribution in [0.25, 0.3) is 0 Å². The van der Waals surface area contributed by atoms with E-state index in [2.05, 4.69) is 27.0 Å². The fraction of sp³-hybridized carbons (Fsp3) is 0.733. The normalized spacial score (nSPS) is 27.8. The van der Waals surface area contributed by atoms with E-state index in [9.17, 15) is 0 Å². The van der Waals surface area contributed by atoms with Crippen LogP contribution in [-0.2, 0) is 6.42 Å². The molecule has 2 atom stereocenters. The molecule has 0 aromatic carbocycles. The van der Waals surface area contributed by atoms with Crippen LogP contribution in [0.5, 0.6) is 0 Å². The van der Waals surface area contributed by atoms with Crippen molar-refractivity contribution in [3.05, 3.63) is 22.4 Å². The quantitative estimate of drug-likeness (QED) is 0.795. The van der Waals surface area contributed by atoms with E-state index < -0.39 is 0 Å². The lowest BCUT2D eigenvalue weighted by Crippen LogP contribution is -2.32. The summed E-state index contributed by atoms with van der Waals surface area (Å²) in [5, 5.41) is 8.00. The Labute approximate surface area is 114 Å². The third-order valence-corrected chi connectivity index (χ3v) is 5.31. The van der Waals surface area contributed by atoms with Crippen LogP contribution in [0.1, 0.15) is 24.8 Å². The Kier molecular flexibility index (Phi) is 4.34. The summed E-state index contributed by atoms with van der Waals surface area (Å²) in [4.78, 5) is 2.67. The predicted octanol–water partition coefficient (Wildman–Crippen LogP) is 2.61. The second-order valence-electron chi connectivity index (χ2n) is 5.84. The van der Waals surface area contributed by atoms with Crippen molar-refractivity contribution in [2.75, 3.05) is 32.7 Å². The predicted molar refractivity (Wildman–Crippen MR) is 78.2 cm³/mol. The van der Waals surface area contributed by atoms with E-state index >= 15 is 0 Å². The molecule has 1 saturated carbocycles. The highest BCUT2D eigenvalue weighted by atomic mass is 32.1. The summed E-state index contributed by atoms with van der Waals surface area (Å²) in [5.74, 6) is 2.08. The lowest BCUT2D eigenvalue weighted by atomic mass is 10.0. The first-order chi connectivity index (χ1) is 8.92. The maximum absolute atomic E-state index is 3.58. The van der Waals surface area contributed by atoms with Gasteiger partial charge >= 0.3 is 0 Å². The number of hydrogen-bond donors (Lipinski definition) is 1. The molecule has 1 saturated heterocycles. The van der Waals surface area contributed by atoms with Crippen molar-refractivity contribution < 1.29 is 0 Å². The molecule has 100 valence electrons. The van der Waals surface area contributed by atoms with Gasteiger partial charge in [-0.25, -0.2) is 0 Å². The van der Waals surface area contributed by atoms with Crippen LogP contribution in [0.2, 0.25) is 0 Å². The molecule has 1 aromatic rings. The zero-order valence-electron chi connectivity index (χ0n) is 11.1. The molecular weight excluding hydrogens is 240 g/mol. The molecule has 3 rings (SSSR count). The molecule has 0 radical (unpaired) electrons. The van der Waals surface area contributed by atoms with Gasteiger partial charge in [-0.15, -0.1) is 0 Å². The molecule has 2 aliphatic rings. The number of rotatable bonds is 6. The maximum atomic E-state index is 3.58. The molecule has 1 N–H and O–H groups in total. The first-order valence-electron chi connectivity index (χ1n) is 7.36. The van der Waals surface area contributed by atoms with Crippen LogP contribution in [0, 0.1) is 11.8 Å². The van der Waals surface area contributed by atoms with Crippen LogP contribution in [0.15, 0.2) is 16.8 Å². The Bertz CT molecular complexity index is 337. The summed E-state index contributed by atoms with van der Waals surface area (Å²) in [5.41, 5.74) is 1.48. The van der Waals surface area contributed by atoms with E-state index in [4.69, 9.17) is 0 Å². The first-order valence-corrected chi connectivity index (χ1v) is 8.30. The Morgan fingerprint density at radius 2 is 2.06 bits per heavy atom. The van der Waals surface area contributed by atoms with Crippen molar-refractivity contribution in [1.82, 2.24) is 10.2 Å². The molecule has 1 aromatic heterocycles. The minimum Gasteiger partial charge on any atom is -0.315 e. The van der Waals surface area contributed by atoms with Gasteiger partial charge in [0.15, 0.2) is 0 Å². The maximum Gasteiger partial charge on any atom is 0.0107 e. The van der Waals surface area contributed by atoms with Crippen molar-refractivity contribution in [2.45, 2.75) is 25.7 Å². The van der Waals surface area contributed by atoms with Gasteiger partial charge in [-0.05, 0) is 60.0 Å². The average Bonchev–Trinajstić information content (AvgIpc) is 3.03. The zero-order valence-corrected chi connectivity index (χ0v) is 11.9. The van der Waals surface area contributed by atoms with Crippen molar-refractivity contribution in [1.29, 1.82) is 0 Å². The summed E-state index contributed by atoms with van der Waals surface area (Å²) < 4.78 is 0. The molecule has 2 nitrogen and oxygen atoms in total. The lowest BCUT2D eigenvalue weighted by Gasteiger charge is -2.16. The summed E-state index contributed by atoms with van der Waals surface area (Å²) in [6.45, 7) is 6.27. The highest BCUT2D eigenvalue weighted by Gasteiger charge is 2.35. The van der Waals surface area contributed by atoms with Crippen LogP contribution < -0.4 is 5.32 Å². The zero-order chi connectivity index (χ0) is 12.2. The summed E-state index contributed by atoms with van der Waals surface area (Å²) >= 11 is 1.80. The topological polar surface area (TPSA) is 15.3 Å². The molecule has 18 heavy (non-hydrogen) atoms. The molecule has 0 bridgehead atoms. The summed E-state index contributed by atoms with van der Waals surface area (Å²) in [7, 11) is 0. The molecule has 0 amide bonds. The van der Waals surface area contributed by atoms with Gasteiger partial charge in [0.2, 0.25) is 0 Å². The minimum atomic E-state index is 1.04. The van der Waals surface area contributed by atoms with Gasteiger partial charge in [-0.2, -0.15) is 11.3 Å². The van der Waals surface area contributed by atoms with Gasteiger partial charge < -0.3 is 10.2 Å². The van der Waals surface area contributed by atoms with Gasteiger partial charge in [0.25, 0.3) is 0 Å². The average molecular weight is 264 g/mol. The second kappa shape index (κ2) is 6.18. The number of thiophene rings is 1. The lowest BCUT2D eigenvalue weighted by molar-refractivity contribution is 0.310. The van der Waals surface area contributed by atoms with E-state index in [0.29, 0.717) is 0 Å². The largest absolute Gasteiger partial charge is 0.315 e. The molecule has 1 aliphatic carbocycles. The highest BCUT2D eigenvalue weighted by molar-refractivity contribution is 7.07. The van der Waals surface area contributed by atoms with Crippen LogP contribution in [0.3, 0.4) is 0 Å². The standard InChI is InChI=1S/C15H24N2S/c1-2-14-10-17(11-15(14)3-1)8-7-16-6-4-13-5-9-18-12-13/h5,9,12,14-16H,1-4,6-8,10-11H2. The van der Waals surface area contributed by atoms with E-state index in [1.54, 1.807) is 11.3 Å². The smallest absolute Gasteiger partial charge is 0.0107 e. The van der Waals surface area contributed by atoms with E-state index in [-0.39, 0.29) is 0 Å². The fourth-order valence-corrected chi connectivity index (χ4v) is 4.25. The Balaban J connectivity index is 1.27. The number of fused-ring (bicyclic) bond motifs is 1. The Morgan fingerprint density at radius 3 is 2.78 bits per heavy atom. The molecule has 3 heteroatoms. The second-order valence-corrected chi connectivity index (χ2v) is 6.62. The van der Waals surface area contributed by atoms with Crippen molar-refractivity contribution in [2.24, 2.45) is 11.8 Å². The molecular formula is C15H24N2S. The molecule has 2 fully saturated rings. The first kappa shape index (κ1) is 12.6. The van der Waals surface area contributed by atoms with Gasteiger partial charge in [-0.1, -0.05) is 6.42 Å². The van der Waals surface area contributed by atoms with Crippen LogP contribution in [0.4, 0.5) is 0 Å². The summed E-state index contributed by atoms with van der Waals surface area (Å²) in [6.07, 6.45) is 5.65. The van der Waals surface area contributed by atoms with Crippen LogP contribution >= 0.6 is 11.3 Å². The third kappa shape index (κ3) is 3.14. The number of nitrogens with zero attached hydrogens (tertiary/aromatic N) is 1. The number of hydrogen-bond acceptors (Lipinski definition) is 3. The van der Waals surface area contributed by atoms with Crippen molar-refractivity contribution >= 4 is 11.3 Å². The van der Waals surface area contributed by atoms with Gasteiger partial charge in [0, 0.05) is 26.2 Å². The molecule has 1 aliphatic heterocycles.